The fourth-order valence-electron chi connectivity index (χ4n) is 1.16. The van der Waals surface area contributed by atoms with Crippen LogP contribution in [0.4, 0.5) is 0 Å². The third-order valence-electron chi connectivity index (χ3n) is 1.92. The van der Waals surface area contributed by atoms with E-state index in [2.05, 4.69) is 12.2 Å². The summed E-state index contributed by atoms with van der Waals surface area (Å²) < 4.78 is 0. The first-order chi connectivity index (χ1) is 3.84. The van der Waals surface area contributed by atoms with Crippen molar-refractivity contribution in [2.75, 3.05) is 13.2 Å². The molecule has 2 atom stereocenters. The number of aliphatic hydroxyl groups is 1. The fourth-order valence-corrected chi connectivity index (χ4v) is 1.16. The van der Waals surface area contributed by atoms with E-state index in [1.165, 1.54) is 0 Å². The van der Waals surface area contributed by atoms with Gasteiger partial charge in [-0.3, -0.25) is 0 Å². The van der Waals surface area contributed by atoms with E-state index in [1.54, 1.807) is 0 Å². The molecule has 0 aromatic rings. The molecule has 0 radical (unpaired) electrons. The van der Waals surface area contributed by atoms with Crippen LogP contribution in [0.5, 0.6) is 0 Å². The van der Waals surface area contributed by atoms with Crippen molar-refractivity contribution in [3.05, 3.63) is 0 Å². The predicted octanol–water partition coefficient (Wildman–Crippen LogP) is 0.398. The zero-order valence-electron chi connectivity index (χ0n) is 5.63. The molecule has 0 spiro atoms. The predicted molar refractivity (Wildman–Crippen MR) is 39.9 cm³/mol. The van der Waals surface area contributed by atoms with E-state index in [0.29, 0.717) is 18.6 Å². The lowest BCUT2D eigenvalue weighted by Crippen LogP contribution is -2.24. The molecule has 56 valence electrons. The number of hydrogen-bond acceptors (Lipinski definition) is 2. The van der Waals surface area contributed by atoms with Crippen LogP contribution in [0.15, 0.2) is 0 Å². The minimum atomic E-state index is 0. The maximum Gasteiger partial charge on any atom is 0.0474 e. The minimum absolute atomic E-state index is 0. The molecule has 2 N–H and O–H groups in total. The summed E-state index contributed by atoms with van der Waals surface area (Å²) in [4.78, 5) is 0. The van der Waals surface area contributed by atoms with Gasteiger partial charge in [0.15, 0.2) is 0 Å². The molecular formula is C6H14ClNO. The van der Waals surface area contributed by atoms with Gasteiger partial charge in [0.2, 0.25) is 0 Å². The van der Waals surface area contributed by atoms with E-state index in [9.17, 15) is 0 Å². The number of rotatable bonds is 1. The van der Waals surface area contributed by atoms with Gasteiger partial charge >= 0.3 is 0 Å². The molecule has 1 aliphatic heterocycles. The molecule has 0 unspecified atom stereocenters. The van der Waals surface area contributed by atoms with E-state index < -0.39 is 0 Å². The summed E-state index contributed by atoms with van der Waals surface area (Å²) in [5.41, 5.74) is 0. The quantitative estimate of drug-likeness (QED) is 0.569. The van der Waals surface area contributed by atoms with E-state index in [1.807, 2.05) is 0 Å². The molecule has 0 aromatic heterocycles. The van der Waals surface area contributed by atoms with Gasteiger partial charge in [0, 0.05) is 12.6 Å². The molecule has 9 heavy (non-hydrogen) atoms. The van der Waals surface area contributed by atoms with Crippen LogP contribution in [0.3, 0.4) is 0 Å². The van der Waals surface area contributed by atoms with Crippen molar-refractivity contribution in [3.8, 4) is 0 Å². The largest absolute Gasteiger partial charge is 0.396 e. The summed E-state index contributed by atoms with van der Waals surface area (Å²) in [7, 11) is 0. The Morgan fingerprint density at radius 1 is 1.67 bits per heavy atom. The second-order valence-electron chi connectivity index (χ2n) is 2.47. The van der Waals surface area contributed by atoms with Crippen LogP contribution in [0.1, 0.15) is 13.3 Å². The molecule has 0 bridgehead atoms. The highest BCUT2D eigenvalue weighted by molar-refractivity contribution is 5.85. The number of aliphatic hydroxyl groups excluding tert-OH is 1. The van der Waals surface area contributed by atoms with Gasteiger partial charge in [0.05, 0.1) is 0 Å². The van der Waals surface area contributed by atoms with E-state index in [4.69, 9.17) is 5.11 Å². The number of nitrogens with one attached hydrogen (secondary N) is 1. The van der Waals surface area contributed by atoms with Crippen LogP contribution in [0, 0.1) is 5.92 Å². The van der Waals surface area contributed by atoms with Gasteiger partial charge in [-0.2, -0.15) is 0 Å². The van der Waals surface area contributed by atoms with Crippen molar-refractivity contribution >= 4 is 12.4 Å². The van der Waals surface area contributed by atoms with Crippen molar-refractivity contribution in [1.82, 2.24) is 5.32 Å². The Kier molecular flexibility index (Phi) is 4.19. The van der Waals surface area contributed by atoms with Crippen molar-refractivity contribution in [2.45, 2.75) is 19.4 Å². The molecule has 1 aliphatic rings. The summed E-state index contributed by atoms with van der Waals surface area (Å²) >= 11 is 0. The Balaban J connectivity index is 0.000000640. The lowest BCUT2D eigenvalue weighted by atomic mass is 10.0. The van der Waals surface area contributed by atoms with Gasteiger partial charge < -0.3 is 10.4 Å². The number of halogens is 1. The Morgan fingerprint density at radius 3 is 2.56 bits per heavy atom. The molecule has 3 heteroatoms. The van der Waals surface area contributed by atoms with Crippen LogP contribution < -0.4 is 5.32 Å². The second-order valence-corrected chi connectivity index (χ2v) is 2.47. The maximum atomic E-state index is 8.70. The zero-order chi connectivity index (χ0) is 5.98. The first-order valence-electron chi connectivity index (χ1n) is 3.19. The summed E-state index contributed by atoms with van der Waals surface area (Å²) in [6, 6.07) is 0.528. The Morgan fingerprint density at radius 2 is 2.33 bits per heavy atom. The number of hydrogen-bond donors (Lipinski definition) is 2. The van der Waals surface area contributed by atoms with E-state index in [-0.39, 0.29) is 12.4 Å². The van der Waals surface area contributed by atoms with Gasteiger partial charge in [0.25, 0.3) is 0 Å². The zero-order valence-corrected chi connectivity index (χ0v) is 6.45. The summed E-state index contributed by atoms with van der Waals surface area (Å²) in [6.45, 7) is 3.54. The van der Waals surface area contributed by atoms with Crippen molar-refractivity contribution in [2.24, 2.45) is 5.92 Å². The molecule has 0 saturated carbocycles. The monoisotopic (exact) mass is 151 g/mol. The molecule has 0 aromatic carbocycles. The first-order valence-corrected chi connectivity index (χ1v) is 3.19. The van der Waals surface area contributed by atoms with Crippen LogP contribution >= 0.6 is 12.4 Å². The molecule has 1 rings (SSSR count). The van der Waals surface area contributed by atoms with Crippen molar-refractivity contribution in [3.63, 3.8) is 0 Å². The molecule has 0 amide bonds. The highest BCUT2D eigenvalue weighted by atomic mass is 35.5. The summed E-state index contributed by atoms with van der Waals surface area (Å²) in [5, 5.41) is 12.0. The van der Waals surface area contributed by atoms with E-state index >= 15 is 0 Å². The summed E-state index contributed by atoms with van der Waals surface area (Å²) in [6.07, 6.45) is 1.14. The van der Waals surface area contributed by atoms with Crippen molar-refractivity contribution in [1.29, 1.82) is 0 Å². The smallest absolute Gasteiger partial charge is 0.0474 e. The van der Waals surface area contributed by atoms with Gasteiger partial charge in [-0.1, -0.05) is 0 Å². The lowest BCUT2D eigenvalue weighted by Gasteiger charge is -2.09. The average Bonchev–Trinajstić information content (AvgIpc) is 2.14. The van der Waals surface area contributed by atoms with E-state index in [0.717, 1.165) is 13.0 Å². The third-order valence-corrected chi connectivity index (χ3v) is 1.92. The van der Waals surface area contributed by atoms with Gasteiger partial charge in [-0.25, -0.2) is 0 Å². The standard InChI is InChI=1S/C6H13NO.ClH/c1-5-6(4-8)2-3-7-5;/h5-8H,2-4H2,1H3;1H/t5-,6+;/m0./s1. The third kappa shape index (κ3) is 2.12. The second kappa shape index (κ2) is 4.09. The normalized spacial score (nSPS) is 34.0. The summed E-state index contributed by atoms with van der Waals surface area (Å²) in [5.74, 6) is 0.509. The highest BCUT2D eigenvalue weighted by Crippen LogP contribution is 2.12. The van der Waals surface area contributed by atoms with Crippen LogP contribution in [0.25, 0.3) is 0 Å². The Bertz CT molecular complexity index is 79.5. The van der Waals surface area contributed by atoms with Crippen LogP contribution in [-0.4, -0.2) is 24.3 Å². The lowest BCUT2D eigenvalue weighted by molar-refractivity contribution is 0.218. The molecule has 0 aliphatic carbocycles. The first kappa shape index (κ1) is 9.21. The topological polar surface area (TPSA) is 32.3 Å². The highest BCUT2D eigenvalue weighted by Gasteiger charge is 2.20. The maximum absolute atomic E-state index is 8.70. The van der Waals surface area contributed by atoms with Gasteiger partial charge in [-0.15, -0.1) is 12.4 Å². The molecule has 2 nitrogen and oxygen atoms in total. The molecule has 1 saturated heterocycles. The average molecular weight is 152 g/mol. The van der Waals surface area contributed by atoms with Gasteiger partial charge in [0.1, 0.15) is 0 Å². The van der Waals surface area contributed by atoms with Crippen molar-refractivity contribution < 1.29 is 5.11 Å². The molecule has 1 heterocycles. The van der Waals surface area contributed by atoms with Crippen LogP contribution in [-0.2, 0) is 0 Å². The van der Waals surface area contributed by atoms with Crippen LogP contribution in [0.2, 0.25) is 0 Å². The van der Waals surface area contributed by atoms with Gasteiger partial charge in [-0.05, 0) is 25.8 Å². The minimum Gasteiger partial charge on any atom is -0.396 e. The Labute approximate surface area is 62.1 Å². The molecular weight excluding hydrogens is 138 g/mol. The SMILES string of the molecule is C[C@@H]1NCC[C@@H]1CO.Cl. The fraction of sp³-hybridized carbons (Fsp3) is 1.00. The Hall–Kier alpha value is 0.210. The molecule has 1 fully saturated rings.